The fraction of sp³-hybridized carbons (Fsp3) is 1.00. The number of ether oxygens (including phenoxy) is 1. The van der Waals surface area contributed by atoms with Crippen LogP contribution < -0.4 is 5.32 Å². The standard InChI is InChI=1S/C16H32N2O/c1-14-12-18(13-15(2,3)19-14)11-10-16(17-4)8-6-5-7-9-16/h14,17H,5-13H2,1-4H3. The van der Waals surface area contributed by atoms with Gasteiger partial charge in [-0.05, 0) is 47.1 Å². The minimum Gasteiger partial charge on any atom is -0.370 e. The van der Waals surface area contributed by atoms with Gasteiger partial charge in [-0.2, -0.15) is 0 Å². The first-order valence-corrected chi connectivity index (χ1v) is 8.04. The summed E-state index contributed by atoms with van der Waals surface area (Å²) in [5.41, 5.74) is 0.418. The van der Waals surface area contributed by atoms with Gasteiger partial charge in [0.25, 0.3) is 0 Å². The zero-order valence-corrected chi connectivity index (χ0v) is 13.3. The lowest BCUT2D eigenvalue weighted by molar-refractivity contribution is -0.129. The molecule has 3 heteroatoms. The van der Waals surface area contributed by atoms with Gasteiger partial charge in [-0.15, -0.1) is 0 Å². The van der Waals surface area contributed by atoms with E-state index in [0.717, 1.165) is 13.1 Å². The van der Waals surface area contributed by atoms with Gasteiger partial charge >= 0.3 is 0 Å². The number of nitrogens with one attached hydrogen (secondary N) is 1. The summed E-state index contributed by atoms with van der Waals surface area (Å²) in [6.07, 6.45) is 8.56. The van der Waals surface area contributed by atoms with E-state index < -0.39 is 0 Å². The second-order valence-electron chi connectivity index (χ2n) is 7.26. The Labute approximate surface area is 119 Å². The molecular weight excluding hydrogens is 236 g/mol. The fourth-order valence-electron chi connectivity index (χ4n) is 3.98. The number of hydrogen-bond donors (Lipinski definition) is 1. The van der Waals surface area contributed by atoms with Gasteiger partial charge in [0.1, 0.15) is 0 Å². The molecule has 1 N–H and O–H groups in total. The third-order valence-electron chi connectivity index (χ3n) is 4.89. The summed E-state index contributed by atoms with van der Waals surface area (Å²) in [6, 6.07) is 0. The van der Waals surface area contributed by atoms with Gasteiger partial charge in [0.2, 0.25) is 0 Å². The molecule has 3 nitrogen and oxygen atoms in total. The van der Waals surface area contributed by atoms with Gasteiger partial charge in [0, 0.05) is 25.2 Å². The van der Waals surface area contributed by atoms with Gasteiger partial charge in [-0.25, -0.2) is 0 Å². The molecule has 2 fully saturated rings. The Morgan fingerprint density at radius 1 is 1.21 bits per heavy atom. The Balaban J connectivity index is 1.86. The van der Waals surface area contributed by atoms with Crippen molar-refractivity contribution in [2.24, 2.45) is 0 Å². The van der Waals surface area contributed by atoms with Crippen molar-refractivity contribution in [3.63, 3.8) is 0 Å². The summed E-state index contributed by atoms with van der Waals surface area (Å²) < 4.78 is 5.99. The van der Waals surface area contributed by atoms with Crippen LogP contribution in [-0.2, 0) is 4.74 Å². The second kappa shape index (κ2) is 6.11. The molecule has 1 atom stereocenters. The first-order valence-electron chi connectivity index (χ1n) is 8.04. The monoisotopic (exact) mass is 268 g/mol. The first-order chi connectivity index (χ1) is 8.95. The molecule has 1 aliphatic heterocycles. The van der Waals surface area contributed by atoms with E-state index in [4.69, 9.17) is 4.74 Å². The molecule has 2 aliphatic rings. The van der Waals surface area contributed by atoms with Crippen molar-refractivity contribution in [3.05, 3.63) is 0 Å². The topological polar surface area (TPSA) is 24.5 Å². The predicted octanol–water partition coefficient (Wildman–Crippen LogP) is 2.80. The Kier molecular flexibility index (Phi) is 4.91. The normalized spacial score (nSPS) is 31.3. The molecule has 1 heterocycles. The van der Waals surface area contributed by atoms with Crippen LogP contribution in [0.3, 0.4) is 0 Å². The molecule has 19 heavy (non-hydrogen) atoms. The number of nitrogens with zero attached hydrogens (tertiary/aromatic N) is 1. The highest BCUT2D eigenvalue weighted by molar-refractivity contribution is 4.91. The van der Waals surface area contributed by atoms with Crippen molar-refractivity contribution < 1.29 is 4.74 Å². The summed E-state index contributed by atoms with van der Waals surface area (Å²) in [5.74, 6) is 0. The molecule has 0 aromatic heterocycles. The average molecular weight is 268 g/mol. The quantitative estimate of drug-likeness (QED) is 0.848. The fourth-order valence-corrected chi connectivity index (χ4v) is 3.98. The average Bonchev–Trinajstić information content (AvgIpc) is 2.35. The number of rotatable bonds is 4. The van der Waals surface area contributed by atoms with E-state index in [1.165, 1.54) is 45.1 Å². The predicted molar refractivity (Wildman–Crippen MR) is 80.6 cm³/mol. The third-order valence-corrected chi connectivity index (χ3v) is 4.89. The first kappa shape index (κ1) is 15.3. The van der Waals surface area contributed by atoms with Crippen molar-refractivity contribution in [2.75, 3.05) is 26.7 Å². The molecule has 1 saturated heterocycles. The van der Waals surface area contributed by atoms with Gasteiger partial charge in [0.05, 0.1) is 11.7 Å². The van der Waals surface area contributed by atoms with Crippen LogP contribution in [0.25, 0.3) is 0 Å². The van der Waals surface area contributed by atoms with Gasteiger partial charge < -0.3 is 10.1 Å². The molecule has 1 unspecified atom stereocenters. The van der Waals surface area contributed by atoms with E-state index in [1.54, 1.807) is 0 Å². The molecular formula is C16H32N2O. The summed E-state index contributed by atoms with van der Waals surface area (Å²) in [5, 5.41) is 3.63. The molecule has 112 valence electrons. The van der Waals surface area contributed by atoms with Gasteiger partial charge in [-0.1, -0.05) is 19.3 Å². The van der Waals surface area contributed by atoms with Crippen LogP contribution >= 0.6 is 0 Å². The summed E-state index contributed by atoms with van der Waals surface area (Å²) >= 11 is 0. The SMILES string of the molecule is CNC1(CCN2CC(C)OC(C)(C)C2)CCCCC1. The highest BCUT2D eigenvalue weighted by Gasteiger charge is 2.34. The van der Waals surface area contributed by atoms with E-state index in [1.807, 2.05) is 0 Å². The second-order valence-corrected chi connectivity index (χ2v) is 7.26. The van der Waals surface area contributed by atoms with Crippen LogP contribution in [0.15, 0.2) is 0 Å². The Morgan fingerprint density at radius 2 is 1.89 bits per heavy atom. The maximum Gasteiger partial charge on any atom is 0.0757 e. The molecule has 0 aromatic carbocycles. The Morgan fingerprint density at radius 3 is 2.47 bits per heavy atom. The van der Waals surface area contributed by atoms with Crippen LogP contribution in [-0.4, -0.2) is 48.8 Å². The van der Waals surface area contributed by atoms with Crippen molar-refractivity contribution in [3.8, 4) is 0 Å². The Hall–Kier alpha value is -0.120. The highest BCUT2D eigenvalue weighted by Crippen LogP contribution is 2.31. The van der Waals surface area contributed by atoms with Crippen molar-refractivity contribution in [2.45, 2.75) is 76.5 Å². The molecule has 2 rings (SSSR count). The third kappa shape index (κ3) is 4.17. The van der Waals surface area contributed by atoms with E-state index >= 15 is 0 Å². The van der Waals surface area contributed by atoms with Crippen molar-refractivity contribution >= 4 is 0 Å². The van der Waals surface area contributed by atoms with E-state index in [2.05, 4.69) is 38.0 Å². The maximum atomic E-state index is 5.99. The zero-order valence-electron chi connectivity index (χ0n) is 13.3. The lowest BCUT2D eigenvalue weighted by Gasteiger charge is -2.44. The summed E-state index contributed by atoms with van der Waals surface area (Å²) in [7, 11) is 2.15. The van der Waals surface area contributed by atoms with Crippen LogP contribution in [0.1, 0.15) is 59.3 Å². The smallest absolute Gasteiger partial charge is 0.0757 e. The minimum absolute atomic E-state index is 0.0110. The zero-order chi connectivity index (χ0) is 13.9. The molecule has 0 radical (unpaired) electrons. The highest BCUT2D eigenvalue weighted by atomic mass is 16.5. The molecule has 0 spiro atoms. The number of morpholine rings is 1. The lowest BCUT2D eigenvalue weighted by atomic mass is 9.79. The Bertz CT molecular complexity index is 284. The van der Waals surface area contributed by atoms with Crippen molar-refractivity contribution in [1.29, 1.82) is 0 Å². The van der Waals surface area contributed by atoms with E-state index in [0.29, 0.717) is 11.6 Å². The molecule has 0 amide bonds. The molecule has 0 aromatic rings. The minimum atomic E-state index is 0.0110. The van der Waals surface area contributed by atoms with Crippen LogP contribution in [0.2, 0.25) is 0 Å². The molecule has 1 aliphatic carbocycles. The summed E-state index contributed by atoms with van der Waals surface area (Å²) in [6.45, 7) is 9.98. The lowest BCUT2D eigenvalue weighted by Crippen LogP contribution is -2.54. The van der Waals surface area contributed by atoms with E-state index in [-0.39, 0.29) is 5.60 Å². The van der Waals surface area contributed by atoms with Crippen LogP contribution in [0, 0.1) is 0 Å². The summed E-state index contributed by atoms with van der Waals surface area (Å²) in [4.78, 5) is 2.60. The van der Waals surface area contributed by atoms with Gasteiger partial charge in [-0.3, -0.25) is 4.90 Å². The largest absolute Gasteiger partial charge is 0.370 e. The van der Waals surface area contributed by atoms with Crippen molar-refractivity contribution in [1.82, 2.24) is 10.2 Å². The molecule has 1 saturated carbocycles. The molecule has 0 bridgehead atoms. The number of hydrogen-bond acceptors (Lipinski definition) is 3. The van der Waals surface area contributed by atoms with Crippen LogP contribution in [0.5, 0.6) is 0 Å². The van der Waals surface area contributed by atoms with Gasteiger partial charge in [0.15, 0.2) is 0 Å². The van der Waals surface area contributed by atoms with E-state index in [9.17, 15) is 0 Å². The maximum absolute atomic E-state index is 5.99. The van der Waals surface area contributed by atoms with Crippen LogP contribution in [0.4, 0.5) is 0 Å².